The van der Waals surface area contributed by atoms with Crippen molar-refractivity contribution in [3.8, 4) is 0 Å². The summed E-state index contributed by atoms with van der Waals surface area (Å²) < 4.78 is 0. The predicted octanol–water partition coefficient (Wildman–Crippen LogP) is 2.47. The van der Waals surface area contributed by atoms with Crippen LogP contribution in [0.25, 0.3) is 0 Å². The Morgan fingerprint density at radius 1 is 1.25 bits per heavy atom. The fourth-order valence-electron chi connectivity index (χ4n) is 3.07. The van der Waals surface area contributed by atoms with Gasteiger partial charge < -0.3 is 10.2 Å². The van der Waals surface area contributed by atoms with E-state index in [1.54, 1.807) is 0 Å². The maximum absolute atomic E-state index is 12.8. The molecule has 0 saturated carbocycles. The molecule has 1 N–H and O–H groups in total. The zero-order chi connectivity index (χ0) is 14.4. The number of nitrogens with zero attached hydrogens (tertiary/aromatic N) is 1. The molecule has 3 heteroatoms. The van der Waals surface area contributed by atoms with Crippen LogP contribution in [0.1, 0.15) is 31.7 Å². The van der Waals surface area contributed by atoms with E-state index in [9.17, 15) is 4.79 Å². The van der Waals surface area contributed by atoms with E-state index in [-0.39, 0.29) is 5.41 Å². The highest BCUT2D eigenvalue weighted by Gasteiger charge is 2.39. The van der Waals surface area contributed by atoms with Gasteiger partial charge in [-0.2, -0.15) is 0 Å². The van der Waals surface area contributed by atoms with Crippen LogP contribution in [0.5, 0.6) is 0 Å². The molecule has 1 aliphatic rings. The summed E-state index contributed by atoms with van der Waals surface area (Å²) in [6.07, 6.45) is 3.82. The number of hydrogen-bond donors (Lipinski definition) is 1. The van der Waals surface area contributed by atoms with Crippen molar-refractivity contribution in [1.29, 1.82) is 0 Å². The monoisotopic (exact) mass is 274 g/mol. The molecule has 1 saturated heterocycles. The van der Waals surface area contributed by atoms with Gasteiger partial charge in [0.05, 0.1) is 5.41 Å². The molecule has 110 valence electrons. The van der Waals surface area contributed by atoms with Crippen LogP contribution < -0.4 is 5.32 Å². The maximum Gasteiger partial charge on any atom is 0.228 e. The molecule has 1 aliphatic heterocycles. The minimum Gasteiger partial charge on any atom is -0.345 e. The summed E-state index contributed by atoms with van der Waals surface area (Å²) in [6.45, 7) is 4.88. The molecule has 0 aliphatic carbocycles. The number of amides is 1. The van der Waals surface area contributed by atoms with Gasteiger partial charge in [0.1, 0.15) is 0 Å². The minimum absolute atomic E-state index is 0.128. The molecule has 0 spiro atoms. The molecule has 0 aromatic heterocycles. The van der Waals surface area contributed by atoms with Gasteiger partial charge >= 0.3 is 0 Å². The summed E-state index contributed by atoms with van der Waals surface area (Å²) >= 11 is 0. The lowest BCUT2D eigenvalue weighted by molar-refractivity contribution is -0.142. The van der Waals surface area contributed by atoms with E-state index in [2.05, 4.69) is 36.5 Å². The van der Waals surface area contributed by atoms with Crippen molar-refractivity contribution < 1.29 is 4.79 Å². The number of nitrogens with one attached hydrogen (secondary N) is 1. The molecule has 3 nitrogen and oxygen atoms in total. The van der Waals surface area contributed by atoms with E-state index in [0.29, 0.717) is 5.91 Å². The molecule has 0 bridgehead atoms. The Morgan fingerprint density at radius 3 is 2.50 bits per heavy atom. The third-order valence-electron chi connectivity index (χ3n) is 4.62. The second-order valence-electron chi connectivity index (χ2n) is 5.85. The molecule has 1 heterocycles. The molecule has 20 heavy (non-hydrogen) atoms. The first-order valence-electron chi connectivity index (χ1n) is 7.68. The van der Waals surface area contributed by atoms with Gasteiger partial charge in [0.25, 0.3) is 0 Å². The first-order chi connectivity index (χ1) is 9.68. The average Bonchev–Trinajstić information content (AvgIpc) is 2.53. The van der Waals surface area contributed by atoms with Gasteiger partial charge in [-0.25, -0.2) is 0 Å². The molecule has 1 aromatic carbocycles. The molecular formula is C17H26N2O. The quantitative estimate of drug-likeness (QED) is 0.894. The van der Waals surface area contributed by atoms with Crippen LogP contribution in [-0.4, -0.2) is 37.5 Å². The highest BCUT2D eigenvalue weighted by atomic mass is 16.2. The van der Waals surface area contributed by atoms with Crippen LogP contribution in [0, 0.1) is 5.41 Å². The zero-order valence-electron chi connectivity index (χ0n) is 12.7. The largest absolute Gasteiger partial charge is 0.345 e. The molecule has 0 atom stereocenters. The lowest BCUT2D eigenvalue weighted by Gasteiger charge is -2.38. The Morgan fingerprint density at radius 2 is 1.90 bits per heavy atom. The topological polar surface area (TPSA) is 32.3 Å². The summed E-state index contributed by atoms with van der Waals surface area (Å²) in [4.78, 5) is 14.7. The summed E-state index contributed by atoms with van der Waals surface area (Å²) in [6, 6.07) is 10.4. The van der Waals surface area contributed by atoms with Crippen molar-refractivity contribution in [2.45, 2.75) is 32.6 Å². The minimum atomic E-state index is -0.128. The summed E-state index contributed by atoms with van der Waals surface area (Å²) in [5.41, 5.74) is 1.17. The summed E-state index contributed by atoms with van der Waals surface area (Å²) in [5, 5.41) is 3.35. The molecule has 0 unspecified atom stereocenters. The van der Waals surface area contributed by atoms with Gasteiger partial charge in [0, 0.05) is 13.6 Å². The van der Waals surface area contributed by atoms with Crippen molar-refractivity contribution in [2.24, 2.45) is 5.41 Å². The molecule has 2 rings (SSSR count). The van der Waals surface area contributed by atoms with Crippen molar-refractivity contribution >= 4 is 5.91 Å². The van der Waals surface area contributed by atoms with Gasteiger partial charge in [-0.3, -0.25) is 4.79 Å². The highest BCUT2D eigenvalue weighted by Crippen LogP contribution is 2.34. The van der Waals surface area contributed by atoms with Crippen LogP contribution in [0.2, 0.25) is 0 Å². The Labute approximate surface area is 122 Å². The average molecular weight is 274 g/mol. The molecule has 0 radical (unpaired) electrons. The Balaban J connectivity index is 1.93. The lowest BCUT2D eigenvalue weighted by Crippen LogP contribution is -2.48. The van der Waals surface area contributed by atoms with Gasteiger partial charge in [-0.15, -0.1) is 0 Å². The smallest absolute Gasteiger partial charge is 0.228 e. The predicted molar refractivity (Wildman–Crippen MR) is 82.6 cm³/mol. The third-order valence-corrected chi connectivity index (χ3v) is 4.62. The number of likely N-dealkylation sites (N-methyl/N-ethyl adjacent to an activating group) is 1. The molecule has 1 amide bonds. The van der Waals surface area contributed by atoms with E-state index in [4.69, 9.17) is 0 Å². The van der Waals surface area contributed by atoms with Gasteiger partial charge in [-0.1, -0.05) is 37.3 Å². The number of rotatable bonds is 5. The first-order valence-corrected chi connectivity index (χ1v) is 7.68. The standard InChI is InChI=1S/C17H26N2O/c1-3-17(10-12-18-13-11-17)16(20)19(2)14-9-15-7-5-4-6-8-15/h4-8,18H,3,9-14H2,1-2H3. The third kappa shape index (κ3) is 3.40. The van der Waals surface area contributed by atoms with E-state index < -0.39 is 0 Å². The SMILES string of the molecule is CCC1(C(=O)N(C)CCc2ccccc2)CCNCC1. The van der Waals surface area contributed by atoms with Crippen LogP contribution in [0.15, 0.2) is 30.3 Å². The summed E-state index contributed by atoms with van der Waals surface area (Å²) in [7, 11) is 1.95. The van der Waals surface area contributed by atoms with Crippen LogP contribution in [0.3, 0.4) is 0 Å². The fourth-order valence-corrected chi connectivity index (χ4v) is 3.07. The van der Waals surface area contributed by atoms with Crippen molar-refractivity contribution in [1.82, 2.24) is 10.2 Å². The highest BCUT2D eigenvalue weighted by molar-refractivity contribution is 5.82. The Kier molecular flexibility index (Phi) is 5.18. The number of benzene rings is 1. The second kappa shape index (κ2) is 6.89. The van der Waals surface area contributed by atoms with Crippen LogP contribution in [0.4, 0.5) is 0 Å². The van der Waals surface area contributed by atoms with Crippen LogP contribution >= 0.6 is 0 Å². The zero-order valence-corrected chi connectivity index (χ0v) is 12.7. The number of carbonyl (C=O) groups is 1. The summed E-state index contributed by atoms with van der Waals surface area (Å²) in [5.74, 6) is 0.331. The van der Waals surface area contributed by atoms with E-state index in [1.165, 1.54) is 5.56 Å². The van der Waals surface area contributed by atoms with E-state index in [1.807, 2.05) is 18.0 Å². The van der Waals surface area contributed by atoms with Crippen LogP contribution in [-0.2, 0) is 11.2 Å². The second-order valence-corrected chi connectivity index (χ2v) is 5.85. The Hall–Kier alpha value is -1.35. The normalized spacial score (nSPS) is 17.7. The van der Waals surface area contributed by atoms with Gasteiger partial charge in [-0.05, 0) is 44.3 Å². The van der Waals surface area contributed by atoms with Gasteiger partial charge in [0.2, 0.25) is 5.91 Å². The van der Waals surface area contributed by atoms with Crippen molar-refractivity contribution in [3.63, 3.8) is 0 Å². The first kappa shape index (κ1) is 15.0. The van der Waals surface area contributed by atoms with Gasteiger partial charge in [0.15, 0.2) is 0 Å². The van der Waals surface area contributed by atoms with Crippen molar-refractivity contribution in [2.75, 3.05) is 26.7 Å². The van der Waals surface area contributed by atoms with Crippen molar-refractivity contribution in [3.05, 3.63) is 35.9 Å². The number of piperidine rings is 1. The van der Waals surface area contributed by atoms with E-state index in [0.717, 1.165) is 45.3 Å². The number of carbonyl (C=O) groups excluding carboxylic acids is 1. The molecule has 1 fully saturated rings. The fraction of sp³-hybridized carbons (Fsp3) is 0.588. The number of hydrogen-bond acceptors (Lipinski definition) is 2. The Bertz CT molecular complexity index is 424. The maximum atomic E-state index is 12.8. The lowest BCUT2D eigenvalue weighted by atomic mass is 9.75. The molecule has 1 aromatic rings. The molecular weight excluding hydrogens is 248 g/mol. The van der Waals surface area contributed by atoms with E-state index >= 15 is 0 Å².